The van der Waals surface area contributed by atoms with Crippen LogP contribution in [-0.4, -0.2) is 32.3 Å². The predicted octanol–water partition coefficient (Wildman–Crippen LogP) is 2.74. The zero-order valence-electron chi connectivity index (χ0n) is 16.1. The number of hydrogen-bond donors (Lipinski definition) is 2. The average molecular weight is 422 g/mol. The molecule has 10 heteroatoms. The Morgan fingerprint density at radius 2 is 2.06 bits per heavy atom. The van der Waals surface area contributed by atoms with Crippen molar-refractivity contribution >= 4 is 22.6 Å². The number of ether oxygens (including phenoxy) is 1. The first-order valence-corrected chi connectivity index (χ1v) is 9.49. The van der Waals surface area contributed by atoms with Crippen molar-refractivity contribution in [1.82, 2.24) is 19.7 Å². The highest BCUT2D eigenvalue weighted by Gasteiger charge is 2.23. The quantitative estimate of drug-likeness (QED) is 0.512. The van der Waals surface area contributed by atoms with Gasteiger partial charge in [-0.05, 0) is 23.8 Å². The number of nitrogens with two attached hydrogens (primary N) is 1. The Kier molecular flexibility index (Phi) is 4.46. The molecule has 156 valence electrons. The Balaban J connectivity index is 1.58. The number of aromatic nitrogens is 4. The van der Waals surface area contributed by atoms with Gasteiger partial charge in [0, 0.05) is 24.4 Å². The van der Waals surface area contributed by atoms with Gasteiger partial charge in [0.25, 0.3) is 5.95 Å². The van der Waals surface area contributed by atoms with Gasteiger partial charge in [-0.1, -0.05) is 12.1 Å². The fourth-order valence-corrected chi connectivity index (χ4v) is 3.58. The summed E-state index contributed by atoms with van der Waals surface area (Å²) in [5, 5.41) is 7.81. The van der Waals surface area contributed by atoms with Crippen LogP contribution < -0.4 is 15.8 Å². The number of rotatable bonds is 5. The molecule has 0 fully saturated rings. The summed E-state index contributed by atoms with van der Waals surface area (Å²) < 4.78 is 34.5. The summed E-state index contributed by atoms with van der Waals surface area (Å²) in [4.78, 5) is 20.6. The number of anilines is 1. The van der Waals surface area contributed by atoms with E-state index in [1.165, 1.54) is 29.1 Å². The molecular formula is C21H16F2N6O2. The Morgan fingerprint density at radius 1 is 1.19 bits per heavy atom. The van der Waals surface area contributed by atoms with Crippen LogP contribution in [0.25, 0.3) is 16.9 Å². The smallest absolute Gasteiger partial charge is 0.256 e. The van der Waals surface area contributed by atoms with Gasteiger partial charge < -0.3 is 15.8 Å². The number of hydrogen-bond acceptors (Lipinski definition) is 6. The molecule has 0 unspecified atom stereocenters. The van der Waals surface area contributed by atoms with E-state index in [2.05, 4.69) is 20.4 Å². The molecule has 31 heavy (non-hydrogen) atoms. The molecule has 0 spiro atoms. The zero-order chi connectivity index (χ0) is 21.5. The first-order chi connectivity index (χ1) is 15.0. The van der Waals surface area contributed by atoms with Crippen LogP contribution >= 0.6 is 0 Å². The summed E-state index contributed by atoms with van der Waals surface area (Å²) in [5.41, 5.74) is 7.21. The molecule has 0 saturated carbocycles. The predicted molar refractivity (Wildman–Crippen MR) is 108 cm³/mol. The van der Waals surface area contributed by atoms with Crippen LogP contribution in [0.3, 0.4) is 0 Å². The lowest BCUT2D eigenvalue weighted by Crippen LogP contribution is -2.12. The lowest BCUT2D eigenvalue weighted by molar-refractivity contribution is 0.100. The number of carbonyl (C=O) groups excluding carboxylic acids is 1. The molecule has 0 radical (unpaired) electrons. The van der Waals surface area contributed by atoms with Gasteiger partial charge in [-0.2, -0.15) is 19.7 Å². The first-order valence-electron chi connectivity index (χ1n) is 9.49. The van der Waals surface area contributed by atoms with Gasteiger partial charge in [0.1, 0.15) is 17.5 Å². The van der Waals surface area contributed by atoms with Crippen LogP contribution in [0.1, 0.15) is 21.5 Å². The van der Waals surface area contributed by atoms with E-state index in [9.17, 15) is 13.6 Å². The van der Waals surface area contributed by atoms with Crippen molar-refractivity contribution in [2.24, 2.45) is 5.73 Å². The number of fused-ring (bicyclic) bond motifs is 2. The maximum absolute atomic E-state index is 14.1. The van der Waals surface area contributed by atoms with Gasteiger partial charge in [0.2, 0.25) is 11.8 Å². The van der Waals surface area contributed by atoms with Gasteiger partial charge in [-0.25, -0.2) is 8.78 Å². The number of benzene rings is 2. The molecule has 3 heterocycles. The topological polar surface area (TPSA) is 108 Å². The summed E-state index contributed by atoms with van der Waals surface area (Å²) in [7, 11) is 0. The largest absolute Gasteiger partial charge is 0.477 e. The van der Waals surface area contributed by atoms with Crippen LogP contribution in [0, 0.1) is 11.6 Å². The second-order valence-electron chi connectivity index (χ2n) is 7.04. The lowest BCUT2D eigenvalue weighted by Gasteiger charge is -2.12. The molecule has 0 saturated heterocycles. The second-order valence-corrected chi connectivity index (χ2v) is 7.04. The molecule has 1 aliphatic rings. The summed E-state index contributed by atoms with van der Waals surface area (Å²) in [6.45, 7) is 0.781. The van der Waals surface area contributed by atoms with E-state index >= 15 is 0 Å². The first kappa shape index (κ1) is 18.9. The number of carbonyl (C=O) groups is 1. The number of primary amides is 1. The van der Waals surface area contributed by atoms with Crippen LogP contribution in [0.4, 0.5) is 14.6 Å². The van der Waals surface area contributed by atoms with Gasteiger partial charge >= 0.3 is 0 Å². The minimum absolute atomic E-state index is 0.0168. The monoisotopic (exact) mass is 422 g/mol. The molecule has 1 amide bonds. The third kappa shape index (κ3) is 3.41. The van der Waals surface area contributed by atoms with Gasteiger partial charge in [-0.15, -0.1) is 0 Å². The molecule has 4 aromatic rings. The highest BCUT2D eigenvalue weighted by atomic mass is 19.1. The van der Waals surface area contributed by atoms with Crippen molar-refractivity contribution in [2.75, 3.05) is 11.9 Å². The molecule has 0 bridgehead atoms. The maximum atomic E-state index is 14.1. The number of halogens is 2. The molecule has 0 atom stereocenters. The van der Waals surface area contributed by atoms with Crippen LogP contribution in [0.15, 0.2) is 42.6 Å². The average Bonchev–Trinajstić information content (AvgIpc) is 3.38. The minimum atomic E-state index is -0.764. The summed E-state index contributed by atoms with van der Waals surface area (Å²) in [6, 6.07) is 8.53. The second kappa shape index (κ2) is 7.31. The highest BCUT2D eigenvalue weighted by Crippen LogP contribution is 2.31. The zero-order valence-corrected chi connectivity index (χ0v) is 16.1. The maximum Gasteiger partial charge on any atom is 0.256 e. The Morgan fingerprint density at radius 3 is 2.87 bits per heavy atom. The van der Waals surface area contributed by atoms with E-state index < -0.39 is 11.7 Å². The minimum Gasteiger partial charge on any atom is -0.477 e. The van der Waals surface area contributed by atoms with Gasteiger partial charge in [-0.3, -0.25) is 4.79 Å². The molecule has 8 nitrogen and oxygen atoms in total. The van der Waals surface area contributed by atoms with Gasteiger partial charge in [0.05, 0.1) is 29.4 Å². The third-order valence-corrected chi connectivity index (χ3v) is 5.01. The summed E-state index contributed by atoms with van der Waals surface area (Å²) >= 11 is 0. The van der Waals surface area contributed by atoms with E-state index in [0.717, 1.165) is 17.2 Å². The van der Waals surface area contributed by atoms with Crippen LogP contribution in [-0.2, 0) is 13.0 Å². The Bertz CT molecular complexity index is 1340. The third-order valence-electron chi connectivity index (χ3n) is 5.01. The molecule has 3 N–H and O–H groups in total. The standard InChI is InChI=1S/C21H16F2N6O2/c22-12-3-1-2-11(6-12)9-25-19-14-4-5-31-20(14)28-21(27-19)29-17-8-13(23)7-15(18(24)30)16(17)10-26-29/h1-3,6-8,10H,4-5,9H2,(H2,24,30)(H,25,27,28). The van der Waals surface area contributed by atoms with Crippen molar-refractivity contribution in [2.45, 2.75) is 13.0 Å². The molecule has 0 aliphatic carbocycles. The van der Waals surface area contributed by atoms with Crippen LogP contribution in [0.5, 0.6) is 5.88 Å². The van der Waals surface area contributed by atoms with Crippen molar-refractivity contribution in [3.63, 3.8) is 0 Å². The molecule has 2 aromatic heterocycles. The SMILES string of the molecule is NC(=O)c1cc(F)cc2c1cnn2-c1nc(NCc2cccc(F)c2)c2c(n1)OCC2. The van der Waals surface area contributed by atoms with E-state index in [0.29, 0.717) is 42.2 Å². The normalized spacial score (nSPS) is 12.6. The van der Waals surface area contributed by atoms with E-state index in [4.69, 9.17) is 10.5 Å². The van der Waals surface area contributed by atoms with Crippen molar-refractivity contribution in [1.29, 1.82) is 0 Å². The van der Waals surface area contributed by atoms with Crippen molar-refractivity contribution in [3.05, 3.63) is 70.9 Å². The van der Waals surface area contributed by atoms with Crippen molar-refractivity contribution in [3.8, 4) is 11.8 Å². The molecule has 2 aromatic carbocycles. The molecule has 1 aliphatic heterocycles. The van der Waals surface area contributed by atoms with E-state index in [1.54, 1.807) is 12.1 Å². The van der Waals surface area contributed by atoms with E-state index in [1.807, 2.05) is 0 Å². The fraction of sp³-hybridized carbons (Fsp3) is 0.143. The highest BCUT2D eigenvalue weighted by molar-refractivity contribution is 6.05. The summed E-state index contributed by atoms with van der Waals surface area (Å²) in [5.74, 6) is -0.687. The Hall–Kier alpha value is -4.08. The van der Waals surface area contributed by atoms with E-state index in [-0.39, 0.29) is 17.3 Å². The number of nitrogens with one attached hydrogen (secondary N) is 1. The van der Waals surface area contributed by atoms with Crippen LogP contribution in [0.2, 0.25) is 0 Å². The van der Waals surface area contributed by atoms with Gasteiger partial charge in [0.15, 0.2) is 0 Å². The molecule has 5 rings (SSSR count). The fourth-order valence-electron chi connectivity index (χ4n) is 3.58. The number of amides is 1. The number of nitrogens with zero attached hydrogens (tertiary/aromatic N) is 4. The molecular weight excluding hydrogens is 406 g/mol. The summed E-state index contributed by atoms with van der Waals surface area (Å²) in [6.07, 6.45) is 2.02. The lowest BCUT2D eigenvalue weighted by atomic mass is 10.1. The Labute approximate surface area is 174 Å². The van der Waals surface area contributed by atoms with Crippen molar-refractivity contribution < 1.29 is 18.3 Å².